The minimum atomic E-state index is -0.200. The highest BCUT2D eigenvalue weighted by atomic mass is 16.1. The molecule has 1 heterocycles. The summed E-state index contributed by atoms with van der Waals surface area (Å²) >= 11 is 0. The molecule has 2 rings (SSSR count). The van der Waals surface area contributed by atoms with Crippen LogP contribution in [0.2, 0.25) is 0 Å². The van der Waals surface area contributed by atoms with Gasteiger partial charge in [-0.15, -0.1) is 0 Å². The van der Waals surface area contributed by atoms with Crippen molar-refractivity contribution in [2.75, 3.05) is 18.9 Å². The molecule has 0 aliphatic carbocycles. The molecular weight excluding hydrogens is 252 g/mol. The minimum Gasteiger partial charge on any atom is -0.372 e. The summed E-state index contributed by atoms with van der Waals surface area (Å²) in [6.45, 7) is 2.65. The van der Waals surface area contributed by atoms with Crippen molar-refractivity contribution in [3.63, 3.8) is 0 Å². The van der Waals surface area contributed by atoms with Gasteiger partial charge < -0.3 is 10.6 Å². The van der Waals surface area contributed by atoms with Crippen molar-refractivity contribution in [1.29, 1.82) is 0 Å². The maximum atomic E-state index is 11.9. The van der Waals surface area contributed by atoms with Gasteiger partial charge in [0.15, 0.2) is 0 Å². The molecule has 2 aromatic rings. The fourth-order valence-electron chi connectivity index (χ4n) is 1.87. The predicted molar refractivity (Wildman–Crippen MR) is 78.8 cm³/mol. The van der Waals surface area contributed by atoms with Gasteiger partial charge in [0, 0.05) is 13.6 Å². The lowest BCUT2D eigenvalue weighted by molar-refractivity contribution is 0.0949. The lowest BCUT2D eigenvalue weighted by Gasteiger charge is -2.07. The maximum Gasteiger partial charge on any atom is 0.271 e. The summed E-state index contributed by atoms with van der Waals surface area (Å²) in [6.07, 6.45) is 3.81. The van der Waals surface area contributed by atoms with Crippen LogP contribution in [0.3, 0.4) is 0 Å². The zero-order valence-corrected chi connectivity index (χ0v) is 11.7. The van der Waals surface area contributed by atoms with Gasteiger partial charge in [0.1, 0.15) is 11.5 Å². The number of anilines is 1. The largest absolute Gasteiger partial charge is 0.372 e. The second kappa shape index (κ2) is 6.65. The molecule has 0 atom stereocenters. The van der Waals surface area contributed by atoms with E-state index in [1.54, 1.807) is 7.05 Å². The Morgan fingerprint density at radius 2 is 2.00 bits per heavy atom. The predicted octanol–water partition coefficient (Wildman–Crippen LogP) is 1.80. The average Bonchev–Trinajstić information content (AvgIpc) is 2.49. The van der Waals surface area contributed by atoms with E-state index in [2.05, 4.69) is 39.7 Å². The lowest BCUT2D eigenvalue weighted by atomic mass is 10.1. The van der Waals surface area contributed by atoms with Gasteiger partial charge in [0.2, 0.25) is 0 Å². The molecule has 0 radical (unpaired) electrons. The fourth-order valence-corrected chi connectivity index (χ4v) is 1.87. The van der Waals surface area contributed by atoms with Gasteiger partial charge in [-0.3, -0.25) is 4.79 Å². The number of hydrogen-bond donors (Lipinski definition) is 2. The highest BCUT2D eigenvalue weighted by Gasteiger charge is 2.07. The maximum absolute atomic E-state index is 11.9. The molecule has 0 saturated carbocycles. The summed E-state index contributed by atoms with van der Waals surface area (Å²) in [5, 5.41) is 5.71. The number of carbonyl (C=O) groups excluding carboxylic acids is 1. The quantitative estimate of drug-likeness (QED) is 0.869. The molecule has 2 N–H and O–H groups in total. The summed E-state index contributed by atoms with van der Waals surface area (Å²) in [5.41, 5.74) is 2.80. The molecule has 1 aromatic carbocycles. The van der Waals surface area contributed by atoms with Crippen LogP contribution in [0.25, 0.3) is 0 Å². The third kappa shape index (κ3) is 3.54. The Hall–Kier alpha value is -2.43. The van der Waals surface area contributed by atoms with Crippen molar-refractivity contribution in [3.05, 3.63) is 53.5 Å². The van der Waals surface area contributed by atoms with Crippen LogP contribution < -0.4 is 10.6 Å². The Morgan fingerprint density at radius 1 is 1.20 bits per heavy atom. The molecule has 104 valence electrons. The number of rotatable bonds is 5. The van der Waals surface area contributed by atoms with E-state index in [1.807, 2.05) is 12.1 Å². The fraction of sp³-hybridized carbons (Fsp3) is 0.267. The number of nitrogens with one attached hydrogen (secondary N) is 2. The smallest absolute Gasteiger partial charge is 0.271 e. The zero-order chi connectivity index (χ0) is 14.4. The Labute approximate surface area is 118 Å². The third-order valence-electron chi connectivity index (χ3n) is 3.08. The molecule has 1 amide bonds. The standard InChI is InChI=1S/C15H18N4O/c1-11-5-3-4-6-12(11)7-8-17-15(20)13-9-19-14(16-2)10-18-13/h3-6,9-10H,7-8H2,1-2H3,(H,16,19)(H,17,20). The van der Waals surface area contributed by atoms with Gasteiger partial charge in [-0.1, -0.05) is 24.3 Å². The molecule has 0 aliphatic heterocycles. The van der Waals surface area contributed by atoms with Gasteiger partial charge in [-0.25, -0.2) is 9.97 Å². The molecule has 5 heteroatoms. The SMILES string of the molecule is CNc1cnc(C(=O)NCCc2ccccc2C)cn1. The number of nitrogens with zero attached hydrogens (tertiary/aromatic N) is 2. The zero-order valence-electron chi connectivity index (χ0n) is 11.7. The molecule has 20 heavy (non-hydrogen) atoms. The van der Waals surface area contributed by atoms with Crippen LogP contribution in [0, 0.1) is 6.92 Å². The summed E-state index contributed by atoms with van der Waals surface area (Å²) < 4.78 is 0. The van der Waals surface area contributed by atoms with Crippen molar-refractivity contribution in [1.82, 2.24) is 15.3 Å². The van der Waals surface area contributed by atoms with E-state index in [4.69, 9.17) is 0 Å². The normalized spacial score (nSPS) is 10.1. The summed E-state index contributed by atoms with van der Waals surface area (Å²) in [5.74, 6) is 0.440. The second-order valence-corrected chi connectivity index (χ2v) is 4.47. The molecular formula is C15H18N4O. The van der Waals surface area contributed by atoms with Gasteiger partial charge in [-0.05, 0) is 24.5 Å². The first kappa shape index (κ1) is 14.0. The van der Waals surface area contributed by atoms with Gasteiger partial charge in [0.25, 0.3) is 5.91 Å². The second-order valence-electron chi connectivity index (χ2n) is 4.47. The van der Waals surface area contributed by atoms with Crippen molar-refractivity contribution < 1.29 is 4.79 Å². The first-order valence-corrected chi connectivity index (χ1v) is 6.53. The number of aryl methyl sites for hydroxylation is 1. The Bertz CT molecular complexity index is 581. The number of amides is 1. The molecule has 0 bridgehead atoms. The highest BCUT2D eigenvalue weighted by Crippen LogP contribution is 2.07. The van der Waals surface area contributed by atoms with Crippen LogP contribution in [0.4, 0.5) is 5.82 Å². The van der Waals surface area contributed by atoms with E-state index in [-0.39, 0.29) is 5.91 Å². The summed E-state index contributed by atoms with van der Waals surface area (Å²) in [6, 6.07) is 8.16. The molecule has 0 aliphatic rings. The van der Waals surface area contributed by atoms with Crippen molar-refractivity contribution in [2.24, 2.45) is 0 Å². The molecule has 5 nitrogen and oxygen atoms in total. The number of carbonyl (C=O) groups is 1. The molecule has 0 spiro atoms. The van der Waals surface area contributed by atoms with Gasteiger partial charge in [0.05, 0.1) is 12.4 Å². The monoisotopic (exact) mass is 270 g/mol. The Balaban J connectivity index is 1.87. The van der Waals surface area contributed by atoms with Gasteiger partial charge in [-0.2, -0.15) is 0 Å². The van der Waals surface area contributed by atoms with Crippen LogP contribution >= 0.6 is 0 Å². The van der Waals surface area contributed by atoms with E-state index in [0.29, 0.717) is 18.1 Å². The van der Waals surface area contributed by atoms with E-state index < -0.39 is 0 Å². The third-order valence-corrected chi connectivity index (χ3v) is 3.08. The van der Waals surface area contributed by atoms with E-state index in [9.17, 15) is 4.79 Å². The van der Waals surface area contributed by atoms with Crippen molar-refractivity contribution in [2.45, 2.75) is 13.3 Å². The number of aromatic nitrogens is 2. The van der Waals surface area contributed by atoms with Crippen LogP contribution in [0.15, 0.2) is 36.7 Å². The molecule has 0 unspecified atom stereocenters. The topological polar surface area (TPSA) is 66.9 Å². The average molecular weight is 270 g/mol. The number of benzene rings is 1. The Kier molecular flexibility index (Phi) is 4.65. The Morgan fingerprint density at radius 3 is 2.65 bits per heavy atom. The van der Waals surface area contributed by atoms with Crippen LogP contribution in [-0.4, -0.2) is 29.5 Å². The first-order chi connectivity index (χ1) is 9.70. The van der Waals surface area contributed by atoms with Crippen LogP contribution in [0.5, 0.6) is 0 Å². The van der Waals surface area contributed by atoms with Crippen molar-refractivity contribution >= 4 is 11.7 Å². The molecule has 0 fully saturated rings. The van der Waals surface area contributed by atoms with Gasteiger partial charge >= 0.3 is 0 Å². The lowest BCUT2D eigenvalue weighted by Crippen LogP contribution is -2.26. The van der Waals surface area contributed by atoms with Crippen LogP contribution in [-0.2, 0) is 6.42 Å². The highest BCUT2D eigenvalue weighted by molar-refractivity contribution is 5.91. The van der Waals surface area contributed by atoms with E-state index in [0.717, 1.165) is 6.42 Å². The summed E-state index contributed by atoms with van der Waals surface area (Å²) in [4.78, 5) is 20.0. The molecule has 1 aromatic heterocycles. The van der Waals surface area contributed by atoms with Crippen LogP contribution in [0.1, 0.15) is 21.6 Å². The minimum absolute atomic E-state index is 0.200. The summed E-state index contributed by atoms with van der Waals surface area (Å²) in [7, 11) is 1.76. The first-order valence-electron chi connectivity index (χ1n) is 6.53. The van der Waals surface area contributed by atoms with Crippen molar-refractivity contribution in [3.8, 4) is 0 Å². The van der Waals surface area contributed by atoms with E-state index >= 15 is 0 Å². The van der Waals surface area contributed by atoms with E-state index in [1.165, 1.54) is 23.5 Å². The molecule has 0 saturated heterocycles. The number of hydrogen-bond acceptors (Lipinski definition) is 4.